The molecule has 5 heterocycles. The number of aromatic nitrogens is 4. The molecular formula is C57H64N4O. The topological polar surface area (TPSA) is 70.5 Å². The molecule has 10 rings (SSSR count). The number of nitrogens with one attached hydrogen (secondary N) is 2. The van der Waals surface area contributed by atoms with Gasteiger partial charge in [-0.3, -0.25) is 9.97 Å². The molecule has 10 aromatic rings. The quantitative estimate of drug-likeness (QED) is 0.182. The summed E-state index contributed by atoms with van der Waals surface area (Å²) >= 11 is 0. The van der Waals surface area contributed by atoms with Crippen molar-refractivity contribution in [1.82, 2.24) is 19.9 Å². The molecule has 0 unspecified atom stereocenters. The van der Waals surface area contributed by atoms with Gasteiger partial charge in [-0.05, 0) is 112 Å². The van der Waals surface area contributed by atoms with Crippen molar-refractivity contribution in [2.75, 3.05) is 0 Å². The molecule has 2 N–H and O–H groups in total. The Bertz CT molecular complexity index is 2860. The number of pyridine rings is 2. The summed E-state index contributed by atoms with van der Waals surface area (Å²) < 4.78 is 5.63. The van der Waals surface area contributed by atoms with Crippen molar-refractivity contribution >= 4 is 54.6 Å². The highest BCUT2D eigenvalue weighted by Gasteiger charge is 2.07. The van der Waals surface area contributed by atoms with Gasteiger partial charge >= 0.3 is 0 Å². The Balaban J connectivity index is 0.000000129. The van der Waals surface area contributed by atoms with Gasteiger partial charge < -0.3 is 14.4 Å². The first-order valence-electron chi connectivity index (χ1n) is 22.2. The zero-order chi connectivity index (χ0) is 44.2. The number of aromatic amines is 2. The average Bonchev–Trinajstić information content (AvgIpc) is 4.06. The van der Waals surface area contributed by atoms with Gasteiger partial charge in [0, 0.05) is 63.3 Å². The molecule has 0 fully saturated rings. The summed E-state index contributed by atoms with van der Waals surface area (Å²) in [5.74, 6) is 3.86. The highest BCUT2D eigenvalue weighted by Crippen LogP contribution is 2.26. The zero-order valence-electron chi connectivity index (χ0n) is 38.3. The van der Waals surface area contributed by atoms with Crippen LogP contribution in [0.3, 0.4) is 0 Å². The van der Waals surface area contributed by atoms with E-state index in [1.54, 1.807) is 0 Å². The summed E-state index contributed by atoms with van der Waals surface area (Å²) in [5, 5.41) is 6.36. The Labute approximate surface area is 368 Å². The molecule has 5 nitrogen and oxygen atoms in total. The van der Waals surface area contributed by atoms with Crippen LogP contribution in [0, 0.1) is 0 Å². The first-order chi connectivity index (χ1) is 29.9. The second kappa shape index (κ2) is 21.4. The molecule has 5 heteroatoms. The number of para-hydroxylation sites is 4. The maximum Gasteiger partial charge on any atom is 0.134 e. The van der Waals surface area contributed by atoms with E-state index in [1.165, 1.54) is 60.2 Å². The van der Waals surface area contributed by atoms with Gasteiger partial charge in [0.15, 0.2) is 0 Å². The van der Waals surface area contributed by atoms with Gasteiger partial charge in [0.2, 0.25) is 0 Å². The molecule has 0 amide bonds. The molecular weight excluding hydrogens is 757 g/mol. The number of H-pyrrole nitrogens is 2. The zero-order valence-corrected chi connectivity index (χ0v) is 38.3. The number of benzene rings is 5. The van der Waals surface area contributed by atoms with E-state index in [1.807, 2.05) is 61.1 Å². The van der Waals surface area contributed by atoms with Gasteiger partial charge in [0.05, 0.1) is 11.0 Å². The molecule has 0 saturated carbocycles. The smallest absolute Gasteiger partial charge is 0.134 e. The third-order valence-corrected chi connectivity index (χ3v) is 11.1. The van der Waals surface area contributed by atoms with Gasteiger partial charge in [-0.15, -0.1) is 0 Å². The minimum atomic E-state index is 0.470. The highest BCUT2D eigenvalue weighted by molar-refractivity contribution is 5.84. The van der Waals surface area contributed by atoms with E-state index in [-0.39, 0.29) is 0 Å². The summed E-state index contributed by atoms with van der Waals surface area (Å²) in [6, 6.07) is 48.1. The second-order valence-electron chi connectivity index (χ2n) is 17.5. The van der Waals surface area contributed by atoms with E-state index in [2.05, 4.69) is 192 Å². The number of hydrogen-bond acceptors (Lipinski definition) is 3. The van der Waals surface area contributed by atoms with Crippen LogP contribution in [-0.4, -0.2) is 19.9 Å². The van der Waals surface area contributed by atoms with Crippen molar-refractivity contribution in [1.29, 1.82) is 0 Å². The number of fused-ring (bicyclic) bond motifs is 5. The first kappa shape index (κ1) is 45.1. The lowest BCUT2D eigenvalue weighted by molar-refractivity contribution is 0.522. The molecule has 0 aliphatic heterocycles. The highest BCUT2D eigenvalue weighted by atomic mass is 16.3. The maximum atomic E-state index is 5.63. The van der Waals surface area contributed by atoms with Crippen LogP contribution < -0.4 is 0 Å². The minimum Gasteiger partial charge on any atom is -0.461 e. The molecule has 0 saturated heterocycles. The van der Waals surface area contributed by atoms with Crippen molar-refractivity contribution in [2.24, 2.45) is 0 Å². The van der Waals surface area contributed by atoms with Crippen LogP contribution in [0.25, 0.3) is 54.6 Å². The fourth-order valence-electron chi connectivity index (χ4n) is 7.31. The van der Waals surface area contributed by atoms with E-state index in [0.29, 0.717) is 29.6 Å². The molecule has 0 aliphatic rings. The standard InChI is InChI=1S/2C12H13N.2C11H13N.C11H12O/c1-9(2)11-7-10-5-3-4-6-12(10)13-8-11;1-9(2)10-7-8-13-12-6-4-3-5-11(10)12;1-8(2)9-3-4-11-10(7-9)5-6-12-11;1-8(2)10-7-12-11-6-4-3-5-9(10)11;1-8(2)11-7-9-5-3-4-6-10(9)12-11/h2*3-9H,1-2H3;2*3-8,12H,1-2H3;3-8H,1-2H3. The average molecular weight is 821 g/mol. The lowest BCUT2D eigenvalue weighted by atomic mass is 9.99. The van der Waals surface area contributed by atoms with E-state index >= 15 is 0 Å². The van der Waals surface area contributed by atoms with Gasteiger partial charge in [-0.2, -0.15) is 0 Å². The predicted molar refractivity (Wildman–Crippen MR) is 267 cm³/mol. The Morgan fingerprint density at radius 1 is 0.435 bits per heavy atom. The summed E-state index contributed by atoms with van der Waals surface area (Å²) in [6.45, 7) is 21.9. The number of hydrogen-bond donors (Lipinski definition) is 2. The predicted octanol–water partition coefficient (Wildman–Crippen LogP) is 16.9. The van der Waals surface area contributed by atoms with Gasteiger partial charge in [-0.1, -0.05) is 148 Å². The third-order valence-electron chi connectivity index (χ3n) is 11.1. The van der Waals surface area contributed by atoms with Crippen LogP contribution in [-0.2, 0) is 0 Å². The van der Waals surface area contributed by atoms with E-state index in [0.717, 1.165) is 22.4 Å². The number of furan rings is 1. The maximum absolute atomic E-state index is 5.63. The Hall–Kier alpha value is -6.46. The van der Waals surface area contributed by atoms with Crippen LogP contribution in [0.4, 0.5) is 0 Å². The van der Waals surface area contributed by atoms with Gasteiger partial charge in [0.25, 0.3) is 0 Å². The van der Waals surface area contributed by atoms with Crippen LogP contribution in [0.1, 0.15) is 127 Å². The molecule has 0 atom stereocenters. The monoisotopic (exact) mass is 821 g/mol. The van der Waals surface area contributed by atoms with Crippen LogP contribution in [0.15, 0.2) is 169 Å². The number of rotatable bonds is 5. The van der Waals surface area contributed by atoms with Crippen molar-refractivity contribution in [3.63, 3.8) is 0 Å². The lowest BCUT2D eigenvalue weighted by Crippen LogP contribution is -1.90. The third kappa shape index (κ3) is 11.7. The minimum absolute atomic E-state index is 0.470. The lowest BCUT2D eigenvalue weighted by Gasteiger charge is -2.08. The molecule has 62 heavy (non-hydrogen) atoms. The van der Waals surface area contributed by atoms with Crippen molar-refractivity contribution in [2.45, 2.75) is 98.8 Å². The largest absolute Gasteiger partial charge is 0.461 e. The van der Waals surface area contributed by atoms with Gasteiger partial charge in [0.1, 0.15) is 11.3 Å². The summed E-state index contributed by atoms with van der Waals surface area (Å²) in [6.07, 6.45) is 7.94. The fraction of sp³-hybridized carbons (Fsp3) is 0.263. The van der Waals surface area contributed by atoms with E-state index < -0.39 is 0 Å². The first-order valence-corrected chi connectivity index (χ1v) is 22.2. The molecule has 0 aliphatic carbocycles. The van der Waals surface area contributed by atoms with Gasteiger partial charge in [-0.25, -0.2) is 0 Å². The van der Waals surface area contributed by atoms with Crippen LogP contribution in [0.2, 0.25) is 0 Å². The second-order valence-corrected chi connectivity index (χ2v) is 17.5. The van der Waals surface area contributed by atoms with Crippen molar-refractivity contribution in [3.05, 3.63) is 192 Å². The van der Waals surface area contributed by atoms with Crippen molar-refractivity contribution < 1.29 is 4.42 Å². The van der Waals surface area contributed by atoms with Crippen molar-refractivity contribution in [3.8, 4) is 0 Å². The van der Waals surface area contributed by atoms with Crippen LogP contribution in [0.5, 0.6) is 0 Å². The summed E-state index contributed by atoms with van der Waals surface area (Å²) in [7, 11) is 0. The fourth-order valence-corrected chi connectivity index (χ4v) is 7.31. The van der Waals surface area contributed by atoms with Crippen LogP contribution >= 0.6 is 0 Å². The SMILES string of the molecule is CC(C)c1c[nH]c2ccccc12.CC(C)c1cc2ccccc2o1.CC(C)c1ccc2[nH]ccc2c1.CC(C)c1ccnc2ccccc12.CC(C)c1cnc2ccccc2c1. The Kier molecular flexibility index (Phi) is 15.5. The molecule has 0 bridgehead atoms. The Morgan fingerprint density at radius 3 is 1.76 bits per heavy atom. The van der Waals surface area contributed by atoms with E-state index in [9.17, 15) is 0 Å². The summed E-state index contributed by atoms with van der Waals surface area (Å²) in [5.41, 5.74) is 11.1. The normalized spacial score (nSPS) is 11.1. The summed E-state index contributed by atoms with van der Waals surface area (Å²) in [4.78, 5) is 15.2. The molecule has 0 radical (unpaired) electrons. The molecule has 0 spiro atoms. The Morgan fingerprint density at radius 2 is 1.06 bits per heavy atom. The molecule has 5 aromatic heterocycles. The molecule has 318 valence electrons. The number of nitrogens with zero attached hydrogens (tertiary/aromatic N) is 2. The van der Waals surface area contributed by atoms with E-state index in [4.69, 9.17) is 4.42 Å². The molecule has 5 aromatic carbocycles.